The molecule has 5 heteroatoms. The van der Waals surface area contributed by atoms with E-state index in [1.807, 2.05) is 12.1 Å². The number of rotatable bonds is 5. The van der Waals surface area contributed by atoms with Gasteiger partial charge in [-0.2, -0.15) is 0 Å². The van der Waals surface area contributed by atoms with E-state index in [1.54, 1.807) is 0 Å². The Kier molecular flexibility index (Phi) is 5.45. The van der Waals surface area contributed by atoms with Crippen LogP contribution >= 0.6 is 12.1 Å². The van der Waals surface area contributed by atoms with Crippen molar-refractivity contribution < 1.29 is 0 Å². The second-order valence-electron chi connectivity index (χ2n) is 6.60. The zero-order valence-electron chi connectivity index (χ0n) is 14.6. The molecule has 2 aromatic carbocycles. The number of benzene rings is 2. The molecule has 1 saturated heterocycles. The van der Waals surface area contributed by atoms with Crippen LogP contribution in [0.1, 0.15) is 12.8 Å². The SMILES string of the molecule is c1ccc(N2SN(CCCN3CCCNCC3)c3ccccc32)cc1. The van der Waals surface area contributed by atoms with Gasteiger partial charge in [0.2, 0.25) is 0 Å². The standard InChI is InChI=1S/C20H26N4S/c1-2-8-18(9-3-1)24-20-11-5-4-10-19(20)23(25-24)16-7-15-22-14-6-12-21-13-17-22/h1-5,8-11,21H,6-7,12-17H2. The first-order chi connectivity index (χ1) is 12.4. The molecule has 25 heavy (non-hydrogen) atoms. The van der Waals surface area contributed by atoms with E-state index in [-0.39, 0.29) is 0 Å². The summed E-state index contributed by atoms with van der Waals surface area (Å²) < 4.78 is 4.78. The molecule has 0 atom stereocenters. The molecular weight excluding hydrogens is 328 g/mol. The summed E-state index contributed by atoms with van der Waals surface area (Å²) in [4.78, 5) is 2.60. The summed E-state index contributed by atoms with van der Waals surface area (Å²) in [6.45, 7) is 6.97. The number of nitrogens with zero attached hydrogens (tertiary/aromatic N) is 3. The number of anilines is 3. The fourth-order valence-corrected chi connectivity index (χ4v) is 4.62. The normalized spacial score (nSPS) is 18.2. The molecule has 0 saturated carbocycles. The first-order valence-electron chi connectivity index (χ1n) is 9.25. The summed E-state index contributed by atoms with van der Waals surface area (Å²) in [5.41, 5.74) is 3.85. The van der Waals surface area contributed by atoms with Crippen molar-refractivity contribution in [3.63, 3.8) is 0 Å². The van der Waals surface area contributed by atoms with Crippen molar-refractivity contribution in [1.29, 1.82) is 0 Å². The minimum atomic E-state index is 1.08. The van der Waals surface area contributed by atoms with Crippen LogP contribution in [0.4, 0.5) is 17.1 Å². The van der Waals surface area contributed by atoms with Crippen LogP contribution in [0.25, 0.3) is 0 Å². The lowest BCUT2D eigenvalue weighted by molar-refractivity contribution is 0.291. The average molecular weight is 355 g/mol. The lowest BCUT2D eigenvalue weighted by Crippen LogP contribution is -2.30. The van der Waals surface area contributed by atoms with Crippen LogP contribution in [0, 0.1) is 0 Å². The molecular formula is C20H26N4S. The van der Waals surface area contributed by atoms with Gasteiger partial charge in [0.05, 0.1) is 29.2 Å². The predicted molar refractivity (Wildman–Crippen MR) is 109 cm³/mol. The van der Waals surface area contributed by atoms with E-state index in [4.69, 9.17) is 0 Å². The van der Waals surface area contributed by atoms with Gasteiger partial charge < -0.3 is 10.2 Å². The molecule has 2 heterocycles. The van der Waals surface area contributed by atoms with Crippen molar-refractivity contribution in [3.8, 4) is 0 Å². The largest absolute Gasteiger partial charge is 0.315 e. The molecule has 2 aromatic rings. The third kappa shape index (κ3) is 3.94. The highest BCUT2D eigenvalue weighted by molar-refractivity contribution is 8.02. The Bertz CT molecular complexity index is 670. The molecule has 0 bridgehead atoms. The fourth-order valence-electron chi connectivity index (χ4n) is 3.51. The van der Waals surface area contributed by atoms with Crippen LogP contribution in [0.15, 0.2) is 54.6 Å². The number of fused-ring (bicyclic) bond motifs is 1. The smallest absolute Gasteiger partial charge is 0.0784 e. The van der Waals surface area contributed by atoms with Crippen molar-refractivity contribution in [3.05, 3.63) is 54.6 Å². The average Bonchev–Trinajstić information content (AvgIpc) is 2.84. The minimum absolute atomic E-state index is 1.08. The Balaban J connectivity index is 1.41. The van der Waals surface area contributed by atoms with Crippen LogP contribution in [0.5, 0.6) is 0 Å². The van der Waals surface area contributed by atoms with Gasteiger partial charge in [-0.05, 0) is 56.7 Å². The number of hydrogen-bond donors (Lipinski definition) is 1. The van der Waals surface area contributed by atoms with Gasteiger partial charge >= 0.3 is 0 Å². The highest BCUT2D eigenvalue weighted by atomic mass is 32.2. The van der Waals surface area contributed by atoms with Crippen molar-refractivity contribution in [2.24, 2.45) is 0 Å². The predicted octanol–water partition coefficient (Wildman–Crippen LogP) is 3.89. The van der Waals surface area contributed by atoms with Crippen LogP contribution in [-0.2, 0) is 0 Å². The van der Waals surface area contributed by atoms with Crippen LogP contribution in [0.2, 0.25) is 0 Å². The molecule has 1 fully saturated rings. The highest BCUT2D eigenvalue weighted by Gasteiger charge is 2.27. The zero-order valence-corrected chi connectivity index (χ0v) is 15.4. The first kappa shape index (κ1) is 16.8. The molecule has 0 aromatic heterocycles. The molecule has 132 valence electrons. The Labute approximate surface area is 155 Å². The molecule has 4 nitrogen and oxygen atoms in total. The van der Waals surface area contributed by atoms with Gasteiger partial charge in [-0.15, -0.1) is 0 Å². The molecule has 0 unspecified atom stereocenters. The summed E-state index contributed by atoms with van der Waals surface area (Å²) in [5, 5.41) is 3.48. The zero-order chi connectivity index (χ0) is 16.9. The van der Waals surface area contributed by atoms with Gasteiger partial charge in [0, 0.05) is 19.6 Å². The summed E-state index contributed by atoms with van der Waals surface area (Å²) in [7, 11) is 0. The number of para-hydroxylation sites is 3. The minimum Gasteiger partial charge on any atom is -0.315 e. The van der Waals surface area contributed by atoms with Gasteiger partial charge in [0.25, 0.3) is 0 Å². The van der Waals surface area contributed by atoms with E-state index in [0.717, 1.165) is 19.6 Å². The van der Waals surface area contributed by atoms with E-state index in [2.05, 4.69) is 73.4 Å². The van der Waals surface area contributed by atoms with E-state index in [0.29, 0.717) is 0 Å². The van der Waals surface area contributed by atoms with Gasteiger partial charge in [-0.1, -0.05) is 30.3 Å². The molecule has 0 spiro atoms. The Morgan fingerprint density at radius 2 is 1.64 bits per heavy atom. The van der Waals surface area contributed by atoms with E-state index in [9.17, 15) is 0 Å². The van der Waals surface area contributed by atoms with Crippen molar-refractivity contribution in [1.82, 2.24) is 10.2 Å². The summed E-state index contributed by atoms with van der Waals surface area (Å²) >= 11 is 1.82. The fraction of sp³-hybridized carbons (Fsp3) is 0.400. The third-order valence-electron chi connectivity index (χ3n) is 4.81. The van der Waals surface area contributed by atoms with Crippen LogP contribution in [0.3, 0.4) is 0 Å². The van der Waals surface area contributed by atoms with Crippen molar-refractivity contribution >= 4 is 29.2 Å². The monoisotopic (exact) mass is 354 g/mol. The van der Waals surface area contributed by atoms with Crippen molar-refractivity contribution in [2.45, 2.75) is 12.8 Å². The van der Waals surface area contributed by atoms with Crippen LogP contribution < -0.4 is 13.9 Å². The van der Waals surface area contributed by atoms with Crippen molar-refractivity contribution in [2.75, 3.05) is 47.9 Å². The lowest BCUT2D eigenvalue weighted by Gasteiger charge is -2.22. The molecule has 0 radical (unpaired) electrons. The summed E-state index contributed by atoms with van der Waals surface area (Å²) in [6.07, 6.45) is 2.47. The maximum atomic E-state index is 3.48. The molecule has 2 aliphatic heterocycles. The quantitative estimate of drug-likeness (QED) is 0.820. The van der Waals surface area contributed by atoms with E-state index < -0.39 is 0 Å². The Hall–Kier alpha value is -1.69. The summed E-state index contributed by atoms with van der Waals surface area (Å²) in [5.74, 6) is 0. The van der Waals surface area contributed by atoms with Gasteiger partial charge in [-0.25, -0.2) is 0 Å². The molecule has 0 amide bonds. The molecule has 4 rings (SSSR count). The maximum absolute atomic E-state index is 3.48. The van der Waals surface area contributed by atoms with Crippen LogP contribution in [-0.4, -0.2) is 44.2 Å². The first-order valence-corrected chi connectivity index (χ1v) is 9.98. The topological polar surface area (TPSA) is 21.8 Å². The van der Waals surface area contributed by atoms with Gasteiger partial charge in [0.1, 0.15) is 0 Å². The molecule has 0 aliphatic carbocycles. The van der Waals surface area contributed by atoms with E-state index in [1.165, 1.54) is 49.5 Å². The number of nitrogens with one attached hydrogen (secondary N) is 1. The number of hydrogen-bond acceptors (Lipinski definition) is 5. The second kappa shape index (κ2) is 8.13. The Morgan fingerprint density at radius 1 is 0.840 bits per heavy atom. The maximum Gasteiger partial charge on any atom is 0.0784 e. The van der Waals surface area contributed by atoms with E-state index >= 15 is 0 Å². The highest BCUT2D eigenvalue weighted by Crippen LogP contribution is 2.48. The summed E-state index contributed by atoms with van der Waals surface area (Å²) in [6, 6.07) is 19.4. The molecule has 1 N–H and O–H groups in total. The second-order valence-corrected chi connectivity index (χ2v) is 7.57. The van der Waals surface area contributed by atoms with Gasteiger partial charge in [-0.3, -0.25) is 8.61 Å². The Morgan fingerprint density at radius 3 is 2.52 bits per heavy atom. The van der Waals surface area contributed by atoms with Gasteiger partial charge in [0.15, 0.2) is 0 Å². The molecule has 2 aliphatic rings. The lowest BCUT2D eigenvalue weighted by atomic mass is 10.2. The third-order valence-corrected chi connectivity index (χ3v) is 5.96.